The molecule has 0 aliphatic carbocycles. The molecule has 1 aromatic heterocycles. The van der Waals surface area contributed by atoms with Crippen LogP contribution in [-0.2, 0) is 18.4 Å². The van der Waals surface area contributed by atoms with Crippen LogP contribution in [0.3, 0.4) is 0 Å². The summed E-state index contributed by atoms with van der Waals surface area (Å²) in [5, 5.41) is 7.79. The topological polar surface area (TPSA) is 42.7 Å². The van der Waals surface area contributed by atoms with Gasteiger partial charge in [0.15, 0.2) is 0 Å². The summed E-state index contributed by atoms with van der Waals surface area (Å²) in [5.41, 5.74) is 1.37. The summed E-state index contributed by atoms with van der Waals surface area (Å²) in [5.74, 6) is 1.06. The third-order valence-corrected chi connectivity index (χ3v) is 4.26. The van der Waals surface area contributed by atoms with Crippen LogP contribution in [0, 0.1) is 0 Å². The van der Waals surface area contributed by atoms with Crippen LogP contribution in [0.25, 0.3) is 0 Å². The van der Waals surface area contributed by atoms with E-state index in [2.05, 4.69) is 66.5 Å². The van der Waals surface area contributed by atoms with Gasteiger partial charge in [-0.1, -0.05) is 51.1 Å². The Bertz CT molecular complexity index is 545. The fraction of sp³-hybridized carbons (Fsp3) is 0.529. The van der Waals surface area contributed by atoms with Crippen LogP contribution in [-0.4, -0.2) is 27.9 Å². The molecule has 0 fully saturated rings. The van der Waals surface area contributed by atoms with Gasteiger partial charge < -0.3 is 5.32 Å². The van der Waals surface area contributed by atoms with Crippen LogP contribution >= 0.6 is 0 Å². The van der Waals surface area contributed by atoms with Crippen LogP contribution in [0.5, 0.6) is 0 Å². The first-order valence-electron chi connectivity index (χ1n) is 7.69. The highest BCUT2D eigenvalue weighted by Crippen LogP contribution is 2.28. The zero-order valence-electron chi connectivity index (χ0n) is 13.5. The standard InChI is InChI=1S/C17H26N4/c1-5-11-21-16(19-13-20-21)12-15(18-4)17(2,3)14-9-7-6-8-10-14/h6-10,13,15,18H,5,11-12H2,1-4H3. The second-order valence-corrected chi connectivity index (χ2v) is 6.03. The van der Waals surface area contributed by atoms with Gasteiger partial charge in [-0.15, -0.1) is 0 Å². The van der Waals surface area contributed by atoms with Crippen LogP contribution < -0.4 is 5.32 Å². The highest BCUT2D eigenvalue weighted by molar-refractivity contribution is 5.26. The molecule has 1 heterocycles. The zero-order chi connectivity index (χ0) is 15.3. The molecule has 0 saturated heterocycles. The van der Waals surface area contributed by atoms with Gasteiger partial charge in [0.2, 0.25) is 0 Å². The number of likely N-dealkylation sites (N-methyl/N-ethyl adjacent to an activating group) is 1. The quantitative estimate of drug-likeness (QED) is 0.851. The number of benzene rings is 1. The summed E-state index contributed by atoms with van der Waals surface area (Å²) in [7, 11) is 2.02. The van der Waals surface area contributed by atoms with Gasteiger partial charge in [0.25, 0.3) is 0 Å². The maximum atomic E-state index is 4.44. The Morgan fingerprint density at radius 3 is 2.57 bits per heavy atom. The fourth-order valence-electron chi connectivity index (χ4n) is 2.81. The van der Waals surface area contributed by atoms with E-state index in [1.54, 1.807) is 6.33 Å². The van der Waals surface area contributed by atoms with E-state index < -0.39 is 0 Å². The largest absolute Gasteiger partial charge is 0.316 e. The lowest BCUT2D eigenvalue weighted by atomic mass is 9.76. The molecule has 0 aliphatic heterocycles. The predicted octanol–water partition coefficient (Wildman–Crippen LogP) is 2.80. The number of rotatable bonds is 7. The Morgan fingerprint density at radius 1 is 1.24 bits per heavy atom. The Kier molecular flexibility index (Phi) is 5.12. The highest BCUT2D eigenvalue weighted by Gasteiger charge is 2.31. The third-order valence-electron chi connectivity index (χ3n) is 4.26. The normalized spacial score (nSPS) is 13.3. The minimum Gasteiger partial charge on any atom is -0.316 e. The lowest BCUT2D eigenvalue weighted by molar-refractivity contribution is 0.346. The first kappa shape index (κ1) is 15.7. The van der Waals surface area contributed by atoms with Crippen molar-refractivity contribution < 1.29 is 0 Å². The van der Waals surface area contributed by atoms with E-state index in [0.29, 0.717) is 6.04 Å². The minimum absolute atomic E-state index is 0.0268. The maximum absolute atomic E-state index is 4.44. The van der Waals surface area contributed by atoms with Crippen molar-refractivity contribution in [2.75, 3.05) is 7.05 Å². The molecule has 1 unspecified atom stereocenters. The Hall–Kier alpha value is -1.68. The van der Waals surface area contributed by atoms with E-state index in [1.165, 1.54) is 5.56 Å². The molecule has 0 aliphatic rings. The second kappa shape index (κ2) is 6.85. The van der Waals surface area contributed by atoms with Crippen LogP contribution in [0.15, 0.2) is 36.7 Å². The van der Waals surface area contributed by atoms with Crippen molar-refractivity contribution in [2.24, 2.45) is 0 Å². The fourth-order valence-corrected chi connectivity index (χ4v) is 2.81. The highest BCUT2D eigenvalue weighted by atomic mass is 15.3. The first-order chi connectivity index (χ1) is 10.1. The number of aryl methyl sites for hydroxylation is 1. The lowest BCUT2D eigenvalue weighted by Gasteiger charge is -2.34. The average molecular weight is 286 g/mol. The van der Waals surface area contributed by atoms with Gasteiger partial charge in [-0.05, 0) is 19.0 Å². The molecule has 1 atom stereocenters. The molecule has 0 spiro atoms. The molecule has 2 aromatic rings. The van der Waals surface area contributed by atoms with E-state index >= 15 is 0 Å². The summed E-state index contributed by atoms with van der Waals surface area (Å²) in [6, 6.07) is 11.0. The summed E-state index contributed by atoms with van der Waals surface area (Å²) in [6.45, 7) is 7.65. The molecule has 1 N–H and O–H groups in total. The summed E-state index contributed by atoms with van der Waals surface area (Å²) in [4.78, 5) is 4.44. The third kappa shape index (κ3) is 3.50. The van der Waals surface area contributed by atoms with Crippen molar-refractivity contribution in [2.45, 2.75) is 51.6 Å². The van der Waals surface area contributed by atoms with Crippen LogP contribution in [0.2, 0.25) is 0 Å². The molecule has 2 rings (SSSR count). The monoisotopic (exact) mass is 286 g/mol. The molecule has 4 heteroatoms. The lowest BCUT2D eigenvalue weighted by Crippen LogP contribution is -2.45. The number of nitrogens with one attached hydrogen (secondary N) is 1. The van der Waals surface area contributed by atoms with Crippen molar-refractivity contribution in [3.05, 3.63) is 48.0 Å². The maximum Gasteiger partial charge on any atom is 0.138 e. The van der Waals surface area contributed by atoms with E-state index in [1.807, 2.05) is 11.7 Å². The molecule has 0 radical (unpaired) electrons. The van der Waals surface area contributed by atoms with Crippen molar-refractivity contribution in [3.63, 3.8) is 0 Å². The van der Waals surface area contributed by atoms with Crippen LogP contribution in [0.4, 0.5) is 0 Å². The Balaban J connectivity index is 2.21. The van der Waals surface area contributed by atoms with Crippen molar-refractivity contribution in [3.8, 4) is 0 Å². The number of nitrogens with zero attached hydrogens (tertiary/aromatic N) is 3. The zero-order valence-corrected chi connectivity index (χ0v) is 13.5. The Labute approximate surface area is 127 Å². The predicted molar refractivity (Wildman–Crippen MR) is 86.3 cm³/mol. The van der Waals surface area contributed by atoms with E-state index in [9.17, 15) is 0 Å². The molecule has 0 saturated carbocycles. The molecule has 0 amide bonds. The molecule has 21 heavy (non-hydrogen) atoms. The van der Waals surface area contributed by atoms with Gasteiger partial charge in [0.1, 0.15) is 12.2 Å². The van der Waals surface area contributed by atoms with Gasteiger partial charge in [0, 0.05) is 24.4 Å². The number of hydrogen-bond acceptors (Lipinski definition) is 3. The summed E-state index contributed by atoms with van der Waals surface area (Å²) >= 11 is 0. The smallest absolute Gasteiger partial charge is 0.138 e. The minimum atomic E-state index is 0.0268. The Morgan fingerprint density at radius 2 is 1.95 bits per heavy atom. The summed E-state index contributed by atoms with van der Waals surface area (Å²) in [6.07, 6.45) is 3.61. The van der Waals surface area contributed by atoms with E-state index in [4.69, 9.17) is 0 Å². The average Bonchev–Trinajstić information content (AvgIpc) is 2.93. The number of hydrogen-bond donors (Lipinski definition) is 1. The van der Waals surface area contributed by atoms with Crippen molar-refractivity contribution in [1.82, 2.24) is 20.1 Å². The van der Waals surface area contributed by atoms with Gasteiger partial charge in [-0.25, -0.2) is 4.98 Å². The van der Waals surface area contributed by atoms with Crippen molar-refractivity contribution in [1.29, 1.82) is 0 Å². The van der Waals surface area contributed by atoms with Gasteiger partial charge in [0.05, 0.1) is 0 Å². The SMILES string of the molecule is CCCn1ncnc1CC(NC)C(C)(C)c1ccccc1. The first-order valence-corrected chi connectivity index (χ1v) is 7.69. The molecule has 114 valence electrons. The van der Waals surface area contributed by atoms with Gasteiger partial charge >= 0.3 is 0 Å². The molecular weight excluding hydrogens is 260 g/mol. The van der Waals surface area contributed by atoms with E-state index in [-0.39, 0.29) is 5.41 Å². The molecule has 1 aromatic carbocycles. The van der Waals surface area contributed by atoms with Gasteiger partial charge in [-0.2, -0.15) is 5.10 Å². The van der Waals surface area contributed by atoms with E-state index in [0.717, 1.165) is 25.2 Å². The van der Waals surface area contributed by atoms with Crippen LogP contribution in [0.1, 0.15) is 38.6 Å². The second-order valence-electron chi connectivity index (χ2n) is 6.03. The summed E-state index contributed by atoms with van der Waals surface area (Å²) < 4.78 is 2.02. The molecular formula is C17H26N4. The molecule has 4 nitrogen and oxygen atoms in total. The van der Waals surface area contributed by atoms with Gasteiger partial charge in [-0.3, -0.25) is 4.68 Å². The number of aromatic nitrogens is 3. The van der Waals surface area contributed by atoms with Crippen molar-refractivity contribution >= 4 is 0 Å². The molecule has 0 bridgehead atoms.